The monoisotopic (exact) mass is 311 g/mol. The third kappa shape index (κ3) is 4.81. The number of nitrogens with one attached hydrogen (secondary N) is 2. The number of carbonyl (C=O) groups is 1. The van der Waals surface area contributed by atoms with Crippen LogP contribution in [0.2, 0.25) is 0 Å². The zero-order valence-electron chi connectivity index (χ0n) is 14.5. The van der Waals surface area contributed by atoms with Crippen LogP contribution in [0.4, 0.5) is 11.4 Å². The van der Waals surface area contributed by atoms with Crippen LogP contribution in [0, 0.1) is 0 Å². The zero-order chi connectivity index (χ0) is 17.0. The molecule has 2 rings (SSSR count). The molecule has 1 amide bonds. The second kappa shape index (κ2) is 6.82. The topological polar surface area (TPSA) is 54.0 Å². The third-order valence-corrected chi connectivity index (χ3v) is 3.35. The van der Waals surface area contributed by atoms with Gasteiger partial charge in [0.2, 0.25) is 0 Å². The number of amides is 1. The third-order valence-electron chi connectivity index (χ3n) is 3.35. The Balaban J connectivity index is 2.23. The lowest BCUT2D eigenvalue weighted by molar-refractivity contribution is 0.0919. The molecule has 0 unspecified atom stereocenters. The number of nitrogens with zero attached hydrogens (tertiary/aromatic N) is 1. The Labute approximate surface area is 138 Å². The smallest absolute Gasteiger partial charge is 0.253 e. The van der Waals surface area contributed by atoms with Gasteiger partial charge in [0.05, 0.1) is 17.4 Å². The molecule has 1 aromatic carbocycles. The molecule has 1 aromatic heterocycles. The summed E-state index contributed by atoms with van der Waals surface area (Å²) in [6.45, 7) is 10.2. The highest BCUT2D eigenvalue weighted by atomic mass is 16.1. The van der Waals surface area contributed by atoms with Gasteiger partial charge < -0.3 is 10.6 Å². The maximum atomic E-state index is 12.3. The lowest BCUT2D eigenvalue weighted by Crippen LogP contribution is -2.40. The molecule has 0 saturated heterocycles. The average molecular weight is 311 g/mol. The quantitative estimate of drug-likeness (QED) is 0.875. The summed E-state index contributed by atoms with van der Waals surface area (Å²) >= 11 is 0. The highest BCUT2D eigenvalue weighted by Crippen LogP contribution is 2.26. The Morgan fingerprint density at radius 3 is 2.48 bits per heavy atom. The standard InChI is InChI=1S/C19H25N3O/c1-13(2)16-8-6-7-9-17(16)21-15-10-14(11-20-12-15)18(23)22-19(3,4)5/h6-13,21H,1-5H3,(H,22,23). The van der Waals surface area contributed by atoms with E-state index in [1.165, 1.54) is 5.56 Å². The fourth-order valence-corrected chi connectivity index (χ4v) is 2.32. The lowest BCUT2D eigenvalue weighted by atomic mass is 10.0. The summed E-state index contributed by atoms with van der Waals surface area (Å²) in [5, 5.41) is 6.32. The molecule has 0 atom stereocenters. The lowest BCUT2D eigenvalue weighted by Gasteiger charge is -2.20. The second-order valence-corrected chi connectivity index (χ2v) is 7.03. The molecule has 2 aromatic rings. The maximum Gasteiger partial charge on any atom is 0.253 e. The minimum Gasteiger partial charge on any atom is -0.354 e. The van der Waals surface area contributed by atoms with Crippen molar-refractivity contribution in [2.24, 2.45) is 0 Å². The van der Waals surface area contributed by atoms with E-state index in [1.807, 2.05) is 45.0 Å². The Morgan fingerprint density at radius 1 is 1.13 bits per heavy atom. The normalized spacial score (nSPS) is 11.4. The second-order valence-electron chi connectivity index (χ2n) is 7.03. The summed E-state index contributed by atoms with van der Waals surface area (Å²) in [5.74, 6) is 0.296. The number of para-hydroxylation sites is 1. The van der Waals surface area contributed by atoms with E-state index in [-0.39, 0.29) is 11.4 Å². The molecule has 0 aliphatic carbocycles. The van der Waals surface area contributed by atoms with Crippen molar-refractivity contribution in [1.82, 2.24) is 10.3 Å². The molecule has 2 N–H and O–H groups in total. The van der Waals surface area contributed by atoms with E-state index < -0.39 is 0 Å². The summed E-state index contributed by atoms with van der Waals surface area (Å²) in [4.78, 5) is 16.4. The molecular formula is C19H25N3O. The molecule has 0 saturated carbocycles. The van der Waals surface area contributed by atoms with Crippen molar-refractivity contribution in [2.45, 2.75) is 46.1 Å². The van der Waals surface area contributed by atoms with Crippen molar-refractivity contribution >= 4 is 17.3 Å². The van der Waals surface area contributed by atoms with Crippen molar-refractivity contribution in [3.63, 3.8) is 0 Å². The van der Waals surface area contributed by atoms with Gasteiger partial charge in [0.15, 0.2) is 0 Å². The number of anilines is 2. The molecule has 0 aliphatic rings. The van der Waals surface area contributed by atoms with Crippen LogP contribution in [-0.2, 0) is 0 Å². The van der Waals surface area contributed by atoms with Crippen LogP contribution in [-0.4, -0.2) is 16.4 Å². The summed E-state index contributed by atoms with van der Waals surface area (Å²) < 4.78 is 0. The Hall–Kier alpha value is -2.36. The first-order valence-corrected chi connectivity index (χ1v) is 7.90. The molecule has 0 radical (unpaired) electrons. The molecular weight excluding hydrogens is 286 g/mol. The number of hydrogen-bond donors (Lipinski definition) is 2. The number of pyridine rings is 1. The molecule has 0 fully saturated rings. The fourth-order valence-electron chi connectivity index (χ4n) is 2.32. The number of rotatable bonds is 4. The average Bonchev–Trinajstić information content (AvgIpc) is 2.46. The van der Waals surface area contributed by atoms with Gasteiger partial charge in [0.25, 0.3) is 5.91 Å². The minimum atomic E-state index is -0.273. The number of carbonyl (C=O) groups excluding carboxylic acids is 1. The molecule has 0 bridgehead atoms. The van der Waals surface area contributed by atoms with Crippen LogP contribution < -0.4 is 10.6 Å². The van der Waals surface area contributed by atoms with Crippen LogP contribution >= 0.6 is 0 Å². The molecule has 0 spiro atoms. The van der Waals surface area contributed by atoms with Crippen LogP contribution in [0.15, 0.2) is 42.7 Å². The number of aromatic nitrogens is 1. The van der Waals surface area contributed by atoms with E-state index in [2.05, 4.69) is 35.5 Å². The van der Waals surface area contributed by atoms with Crippen molar-refractivity contribution in [3.8, 4) is 0 Å². The van der Waals surface area contributed by atoms with E-state index in [4.69, 9.17) is 0 Å². The number of benzene rings is 1. The van der Waals surface area contributed by atoms with Gasteiger partial charge in [-0.1, -0.05) is 32.0 Å². The largest absolute Gasteiger partial charge is 0.354 e. The molecule has 0 aliphatic heterocycles. The molecule has 122 valence electrons. The van der Waals surface area contributed by atoms with E-state index >= 15 is 0 Å². The van der Waals surface area contributed by atoms with Crippen LogP contribution in [0.25, 0.3) is 0 Å². The zero-order valence-corrected chi connectivity index (χ0v) is 14.5. The van der Waals surface area contributed by atoms with E-state index in [9.17, 15) is 4.79 Å². The van der Waals surface area contributed by atoms with Crippen molar-refractivity contribution in [3.05, 3.63) is 53.9 Å². The predicted molar refractivity (Wildman–Crippen MR) is 95.3 cm³/mol. The summed E-state index contributed by atoms with van der Waals surface area (Å²) in [6.07, 6.45) is 3.31. The van der Waals surface area contributed by atoms with Gasteiger partial charge >= 0.3 is 0 Å². The highest BCUT2D eigenvalue weighted by Gasteiger charge is 2.16. The maximum absolute atomic E-state index is 12.3. The Morgan fingerprint density at radius 2 is 1.83 bits per heavy atom. The first-order chi connectivity index (χ1) is 10.8. The first kappa shape index (κ1) is 17.0. The minimum absolute atomic E-state index is 0.120. The van der Waals surface area contributed by atoms with Gasteiger partial charge in [-0.25, -0.2) is 0 Å². The summed E-state index contributed by atoms with van der Waals surface area (Å²) in [5.41, 5.74) is 3.35. The first-order valence-electron chi connectivity index (χ1n) is 7.90. The Bertz CT molecular complexity index is 687. The van der Waals surface area contributed by atoms with Crippen LogP contribution in [0.1, 0.15) is 56.5 Å². The SMILES string of the molecule is CC(C)c1ccccc1Nc1cncc(C(=O)NC(C)(C)C)c1. The molecule has 23 heavy (non-hydrogen) atoms. The summed E-state index contributed by atoms with van der Waals surface area (Å²) in [6, 6.07) is 10.0. The van der Waals surface area contributed by atoms with Crippen LogP contribution in [0.5, 0.6) is 0 Å². The van der Waals surface area contributed by atoms with Gasteiger partial charge in [-0.05, 0) is 44.4 Å². The molecule has 4 nitrogen and oxygen atoms in total. The predicted octanol–water partition coefficient (Wildman–Crippen LogP) is 4.48. The van der Waals surface area contributed by atoms with Crippen LogP contribution in [0.3, 0.4) is 0 Å². The van der Waals surface area contributed by atoms with Gasteiger partial charge in [-0.2, -0.15) is 0 Å². The van der Waals surface area contributed by atoms with Crippen molar-refractivity contribution < 1.29 is 4.79 Å². The Kier molecular flexibility index (Phi) is 5.04. The molecule has 4 heteroatoms. The van der Waals surface area contributed by atoms with Gasteiger partial charge in [0.1, 0.15) is 0 Å². The van der Waals surface area contributed by atoms with Crippen molar-refractivity contribution in [2.75, 3.05) is 5.32 Å². The van der Waals surface area contributed by atoms with Gasteiger partial charge in [-0.15, -0.1) is 0 Å². The van der Waals surface area contributed by atoms with E-state index in [0.29, 0.717) is 11.5 Å². The highest BCUT2D eigenvalue weighted by molar-refractivity contribution is 5.95. The summed E-state index contributed by atoms with van der Waals surface area (Å²) in [7, 11) is 0. The number of hydrogen-bond acceptors (Lipinski definition) is 3. The van der Waals surface area contributed by atoms with Gasteiger partial charge in [0, 0.05) is 17.4 Å². The fraction of sp³-hybridized carbons (Fsp3) is 0.368. The van der Waals surface area contributed by atoms with Gasteiger partial charge in [-0.3, -0.25) is 9.78 Å². The van der Waals surface area contributed by atoms with E-state index in [0.717, 1.165) is 11.4 Å². The molecule has 1 heterocycles. The van der Waals surface area contributed by atoms with Crippen molar-refractivity contribution in [1.29, 1.82) is 0 Å². The van der Waals surface area contributed by atoms with E-state index in [1.54, 1.807) is 12.4 Å².